The summed E-state index contributed by atoms with van der Waals surface area (Å²) in [7, 11) is 0. The van der Waals surface area contributed by atoms with E-state index in [0.29, 0.717) is 6.42 Å². The summed E-state index contributed by atoms with van der Waals surface area (Å²) in [5.74, 6) is -1.59. The maximum Gasteiger partial charge on any atom is 0.287 e. The van der Waals surface area contributed by atoms with Crippen molar-refractivity contribution >= 4 is 17.7 Å². The zero-order valence-corrected chi connectivity index (χ0v) is 15.5. The van der Waals surface area contributed by atoms with Gasteiger partial charge in [-0.05, 0) is 23.6 Å². The summed E-state index contributed by atoms with van der Waals surface area (Å²) >= 11 is 0. The summed E-state index contributed by atoms with van der Waals surface area (Å²) in [6, 6.07) is 10.7. The summed E-state index contributed by atoms with van der Waals surface area (Å²) in [6.45, 7) is 3.75. The molecule has 4 N–H and O–H groups in total. The lowest BCUT2D eigenvalue weighted by molar-refractivity contribution is -0.129. The highest BCUT2D eigenvalue weighted by atomic mass is 16.3. The molecule has 7 nitrogen and oxygen atoms in total. The molecule has 0 saturated heterocycles. The molecule has 0 fully saturated rings. The van der Waals surface area contributed by atoms with Crippen LogP contribution < -0.4 is 16.4 Å². The lowest BCUT2D eigenvalue weighted by Gasteiger charge is -2.25. The first-order valence-corrected chi connectivity index (χ1v) is 8.90. The van der Waals surface area contributed by atoms with Crippen molar-refractivity contribution in [1.29, 1.82) is 0 Å². The van der Waals surface area contributed by atoms with Gasteiger partial charge in [0.25, 0.3) is 5.91 Å². The normalized spacial score (nSPS) is 14.0. The van der Waals surface area contributed by atoms with Crippen molar-refractivity contribution < 1.29 is 18.8 Å². The highest BCUT2D eigenvalue weighted by Gasteiger charge is 2.29. The van der Waals surface area contributed by atoms with Crippen molar-refractivity contribution in [1.82, 2.24) is 10.6 Å². The third kappa shape index (κ3) is 5.70. The number of carbonyl (C=O) groups excluding carboxylic acids is 3. The predicted octanol–water partition coefficient (Wildman–Crippen LogP) is 1.64. The molecular formula is C20H25N3O4. The van der Waals surface area contributed by atoms with Gasteiger partial charge < -0.3 is 20.8 Å². The maximum atomic E-state index is 12.8. The molecule has 2 aromatic rings. The van der Waals surface area contributed by atoms with Crippen LogP contribution in [0.2, 0.25) is 0 Å². The Hall–Kier alpha value is -3.09. The van der Waals surface area contributed by atoms with Gasteiger partial charge >= 0.3 is 0 Å². The first-order valence-electron chi connectivity index (χ1n) is 8.90. The lowest BCUT2D eigenvalue weighted by atomic mass is 9.97. The van der Waals surface area contributed by atoms with Gasteiger partial charge in [-0.3, -0.25) is 14.4 Å². The van der Waals surface area contributed by atoms with Crippen LogP contribution in [0.25, 0.3) is 0 Å². The molecule has 0 unspecified atom stereocenters. The molecule has 144 valence electrons. The maximum absolute atomic E-state index is 12.8. The van der Waals surface area contributed by atoms with Crippen molar-refractivity contribution in [3.05, 3.63) is 60.1 Å². The van der Waals surface area contributed by atoms with E-state index in [0.717, 1.165) is 5.56 Å². The number of primary amides is 1. The van der Waals surface area contributed by atoms with E-state index in [1.807, 2.05) is 44.2 Å². The van der Waals surface area contributed by atoms with Crippen LogP contribution in [-0.2, 0) is 16.0 Å². The fraction of sp³-hybridized carbons (Fsp3) is 0.350. The van der Waals surface area contributed by atoms with Gasteiger partial charge in [0.2, 0.25) is 11.8 Å². The highest BCUT2D eigenvalue weighted by Crippen LogP contribution is 2.10. The van der Waals surface area contributed by atoms with Crippen molar-refractivity contribution in [3.63, 3.8) is 0 Å². The topological polar surface area (TPSA) is 114 Å². The fourth-order valence-corrected chi connectivity index (χ4v) is 2.68. The average Bonchev–Trinajstić information content (AvgIpc) is 3.20. The number of nitrogens with one attached hydrogen (secondary N) is 2. The van der Waals surface area contributed by atoms with Crippen molar-refractivity contribution in [2.45, 2.75) is 38.8 Å². The van der Waals surface area contributed by atoms with Gasteiger partial charge in [0.05, 0.1) is 6.26 Å². The number of hydrogen-bond acceptors (Lipinski definition) is 4. The third-order valence-corrected chi connectivity index (χ3v) is 4.47. The van der Waals surface area contributed by atoms with Crippen molar-refractivity contribution in [3.8, 4) is 0 Å². The van der Waals surface area contributed by atoms with Crippen LogP contribution in [0.3, 0.4) is 0 Å². The number of furan rings is 1. The van der Waals surface area contributed by atoms with E-state index in [4.69, 9.17) is 10.2 Å². The Morgan fingerprint density at radius 3 is 2.33 bits per heavy atom. The van der Waals surface area contributed by atoms with E-state index < -0.39 is 29.8 Å². The zero-order chi connectivity index (χ0) is 19.8. The van der Waals surface area contributed by atoms with Crippen LogP contribution in [-0.4, -0.2) is 29.8 Å². The monoisotopic (exact) mass is 371 g/mol. The van der Waals surface area contributed by atoms with Crippen LogP contribution in [0.4, 0.5) is 0 Å². The van der Waals surface area contributed by atoms with E-state index in [2.05, 4.69) is 10.6 Å². The average molecular weight is 371 g/mol. The van der Waals surface area contributed by atoms with Gasteiger partial charge in [0, 0.05) is 6.42 Å². The van der Waals surface area contributed by atoms with E-state index >= 15 is 0 Å². The third-order valence-electron chi connectivity index (χ3n) is 4.47. The summed E-state index contributed by atoms with van der Waals surface area (Å²) in [5.41, 5.74) is 6.31. The Labute approximate surface area is 158 Å². The molecule has 1 aromatic carbocycles. The summed E-state index contributed by atoms with van der Waals surface area (Å²) < 4.78 is 5.08. The molecule has 0 bridgehead atoms. The smallest absolute Gasteiger partial charge is 0.287 e. The molecule has 1 heterocycles. The van der Waals surface area contributed by atoms with Gasteiger partial charge in [-0.25, -0.2) is 0 Å². The Morgan fingerprint density at radius 1 is 1.07 bits per heavy atom. The zero-order valence-electron chi connectivity index (χ0n) is 15.5. The minimum absolute atomic E-state index is 0.106. The van der Waals surface area contributed by atoms with E-state index in [9.17, 15) is 14.4 Å². The van der Waals surface area contributed by atoms with Crippen molar-refractivity contribution in [2.75, 3.05) is 0 Å². The standard InChI is InChI=1S/C20H25N3O4/c1-3-13(2)17(18(21)24)23-19(25)15(12-14-8-5-4-6-9-14)22-20(26)16-10-7-11-27-16/h4-11,13,15,17H,3,12H2,1-2H3,(H2,21,24)(H,22,26)(H,23,25)/t13-,15-,17-/m0/s1. The van der Waals surface area contributed by atoms with E-state index in [1.165, 1.54) is 12.3 Å². The van der Waals surface area contributed by atoms with Crippen LogP contribution in [0.15, 0.2) is 53.1 Å². The van der Waals surface area contributed by atoms with Crippen LogP contribution >= 0.6 is 0 Å². The van der Waals surface area contributed by atoms with Gasteiger partial charge in [0.1, 0.15) is 12.1 Å². The quantitative estimate of drug-likeness (QED) is 0.621. The second-order valence-corrected chi connectivity index (χ2v) is 6.47. The summed E-state index contributed by atoms with van der Waals surface area (Å²) in [4.78, 5) is 36.9. The number of rotatable bonds is 9. The number of nitrogens with two attached hydrogens (primary N) is 1. The first kappa shape index (κ1) is 20.2. The fourth-order valence-electron chi connectivity index (χ4n) is 2.68. The van der Waals surface area contributed by atoms with Crippen LogP contribution in [0, 0.1) is 5.92 Å². The molecule has 0 aliphatic rings. The molecule has 2 rings (SSSR count). The molecular weight excluding hydrogens is 346 g/mol. The summed E-state index contributed by atoms with van der Waals surface area (Å²) in [6.07, 6.45) is 2.33. The van der Waals surface area contributed by atoms with Gasteiger partial charge in [-0.15, -0.1) is 0 Å². The van der Waals surface area contributed by atoms with Crippen LogP contribution in [0.1, 0.15) is 36.4 Å². The highest BCUT2D eigenvalue weighted by molar-refractivity contribution is 5.96. The Bertz CT molecular complexity index is 759. The molecule has 0 radical (unpaired) electrons. The van der Waals surface area contributed by atoms with E-state index in [1.54, 1.807) is 6.07 Å². The minimum Gasteiger partial charge on any atom is -0.459 e. The molecule has 1 aromatic heterocycles. The van der Waals surface area contributed by atoms with Crippen LogP contribution in [0.5, 0.6) is 0 Å². The summed E-state index contributed by atoms with van der Waals surface area (Å²) in [5, 5.41) is 5.35. The SMILES string of the molecule is CC[C@H](C)[C@H](NC(=O)[C@H](Cc1ccccc1)NC(=O)c1ccco1)C(N)=O. The predicted molar refractivity (Wildman–Crippen MR) is 101 cm³/mol. The molecule has 0 spiro atoms. The Morgan fingerprint density at radius 2 is 1.78 bits per heavy atom. The Kier molecular flexibility index (Phi) is 7.16. The first-order chi connectivity index (χ1) is 12.9. The van der Waals surface area contributed by atoms with E-state index in [-0.39, 0.29) is 18.1 Å². The Balaban J connectivity index is 2.18. The van der Waals surface area contributed by atoms with Crippen molar-refractivity contribution in [2.24, 2.45) is 11.7 Å². The second kappa shape index (κ2) is 9.56. The molecule has 3 atom stereocenters. The van der Waals surface area contributed by atoms with Gasteiger partial charge in [-0.1, -0.05) is 50.6 Å². The van der Waals surface area contributed by atoms with Gasteiger partial charge in [0.15, 0.2) is 5.76 Å². The molecule has 0 aliphatic heterocycles. The second-order valence-electron chi connectivity index (χ2n) is 6.47. The number of benzene rings is 1. The van der Waals surface area contributed by atoms with Gasteiger partial charge in [-0.2, -0.15) is 0 Å². The number of carbonyl (C=O) groups is 3. The largest absolute Gasteiger partial charge is 0.459 e. The lowest BCUT2D eigenvalue weighted by Crippen LogP contribution is -2.55. The minimum atomic E-state index is -0.879. The molecule has 0 aliphatic carbocycles. The number of hydrogen-bond donors (Lipinski definition) is 3. The molecule has 27 heavy (non-hydrogen) atoms. The molecule has 0 saturated carbocycles. The molecule has 3 amide bonds. The number of amides is 3. The molecule has 7 heteroatoms.